The number of aromatic nitrogens is 2. The number of carbonyl (C=O) groups excluding carboxylic acids is 1. The third-order valence-corrected chi connectivity index (χ3v) is 4.23. The first-order valence-corrected chi connectivity index (χ1v) is 7.57. The van der Waals surface area contributed by atoms with E-state index in [1.54, 1.807) is 6.92 Å². The monoisotopic (exact) mass is 301 g/mol. The van der Waals surface area contributed by atoms with Gasteiger partial charge in [-0.25, -0.2) is 0 Å². The van der Waals surface area contributed by atoms with Crippen LogP contribution in [0.4, 0.5) is 0 Å². The Morgan fingerprint density at radius 3 is 2.95 bits per heavy atom. The molecule has 0 aliphatic carbocycles. The summed E-state index contributed by atoms with van der Waals surface area (Å²) < 4.78 is 5.20. The minimum absolute atomic E-state index is 0.135. The van der Waals surface area contributed by atoms with Gasteiger partial charge in [0, 0.05) is 38.8 Å². The third-order valence-electron chi connectivity index (χ3n) is 4.23. The zero-order valence-electron chi connectivity index (χ0n) is 12.7. The molecule has 1 aromatic rings. The molecule has 7 heteroatoms. The van der Waals surface area contributed by atoms with Crippen molar-refractivity contribution < 1.29 is 9.32 Å². The van der Waals surface area contributed by atoms with Crippen molar-refractivity contribution in [2.24, 2.45) is 10.2 Å². The second kappa shape index (κ2) is 5.87. The van der Waals surface area contributed by atoms with Crippen LogP contribution in [0.25, 0.3) is 0 Å². The molecule has 1 amide bonds. The molecule has 3 rings (SSSR count). The quantitative estimate of drug-likeness (QED) is 0.753. The lowest BCUT2D eigenvalue weighted by molar-refractivity contribution is -0.130. The Bertz CT molecular complexity index is 624. The van der Waals surface area contributed by atoms with Crippen molar-refractivity contribution in [3.8, 4) is 12.3 Å². The minimum Gasteiger partial charge on any atom is -0.342 e. The Balaban J connectivity index is 1.47. The number of aryl methyl sites for hydroxylation is 1. The van der Waals surface area contributed by atoms with Crippen molar-refractivity contribution in [1.29, 1.82) is 0 Å². The van der Waals surface area contributed by atoms with Crippen molar-refractivity contribution >= 4 is 5.91 Å². The van der Waals surface area contributed by atoms with E-state index in [9.17, 15) is 4.79 Å². The summed E-state index contributed by atoms with van der Waals surface area (Å²) in [5, 5.41) is 11.9. The van der Waals surface area contributed by atoms with Crippen LogP contribution in [0.3, 0.4) is 0 Å². The summed E-state index contributed by atoms with van der Waals surface area (Å²) in [6.07, 6.45) is 8.61. The van der Waals surface area contributed by atoms with Gasteiger partial charge >= 0.3 is 0 Å². The van der Waals surface area contributed by atoms with Crippen molar-refractivity contribution in [3.05, 3.63) is 11.7 Å². The van der Waals surface area contributed by atoms with Crippen LogP contribution in [0.1, 0.15) is 49.7 Å². The summed E-state index contributed by atoms with van der Waals surface area (Å²) in [5.74, 6) is 4.14. The Labute approximate surface area is 129 Å². The first-order valence-electron chi connectivity index (χ1n) is 7.57. The van der Waals surface area contributed by atoms with Crippen molar-refractivity contribution in [1.82, 2.24) is 15.0 Å². The SMILES string of the molecule is C#CCCC1(CCC(=O)N2CCC(c3nc(C)no3)C2)N=N1. The highest BCUT2D eigenvalue weighted by Gasteiger charge is 2.40. The van der Waals surface area contributed by atoms with Gasteiger partial charge in [-0.3, -0.25) is 4.79 Å². The molecule has 1 fully saturated rings. The second-order valence-electron chi connectivity index (χ2n) is 5.89. The highest BCUT2D eigenvalue weighted by molar-refractivity contribution is 5.76. The molecule has 3 heterocycles. The third kappa shape index (κ3) is 3.16. The topological polar surface area (TPSA) is 84.0 Å². The number of likely N-dealkylation sites (tertiary alicyclic amines) is 1. The summed E-state index contributed by atoms with van der Waals surface area (Å²) in [5.41, 5.74) is -0.384. The van der Waals surface area contributed by atoms with Crippen LogP contribution in [0, 0.1) is 19.3 Å². The molecular formula is C15H19N5O2. The molecule has 0 N–H and O–H groups in total. The van der Waals surface area contributed by atoms with E-state index in [0.717, 1.165) is 19.4 Å². The van der Waals surface area contributed by atoms with Gasteiger partial charge in [-0.2, -0.15) is 15.2 Å². The van der Waals surface area contributed by atoms with Gasteiger partial charge in [-0.05, 0) is 13.3 Å². The zero-order chi connectivity index (χ0) is 15.6. The van der Waals surface area contributed by atoms with Gasteiger partial charge in [0.05, 0.1) is 5.92 Å². The molecule has 2 aliphatic heterocycles. The molecular weight excluding hydrogens is 282 g/mol. The molecule has 1 unspecified atom stereocenters. The van der Waals surface area contributed by atoms with E-state index >= 15 is 0 Å². The number of carbonyl (C=O) groups is 1. The number of hydrogen-bond donors (Lipinski definition) is 0. The van der Waals surface area contributed by atoms with Crippen LogP contribution in [-0.2, 0) is 4.79 Å². The minimum atomic E-state index is -0.384. The molecule has 0 saturated carbocycles. The molecule has 0 radical (unpaired) electrons. The predicted molar refractivity (Wildman–Crippen MR) is 77.9 cm³/mol. The maximum absolute atomic E-state index is 12.3. The molecule has 116 valence electrons. The van der Waals surface area contributed by atoms with Gasteiger partial charge in [0.25, 0.3) is 0 Å². The van der Waals surface area contributed by atoms with E-state index in [2.05, 4.69) is 26.3 Å². The standard InChI is InChI=1S/C15H19N5O2/c1-3-4-7-15(18-19-15)8-5-13(21)20-9-6-12(10-20)14-16-11(2)17-22-14/h1,12H,4-10H2,2H3. The average Bonchev–Trinajstić information content (AvgIpc) is 2.91. The first-order chi connectivity index (χ1) is 10.6. The van der Waals surface area contributed by atoms with Crippen LogP contribution in [0.5, 0.6) is 0 Å². The highest BCUT2D eigenvalue weighted by Crippen LogP contribution is 2.38. The summed E-state index contributed by atoms with van der Waals surface area (Å²) in [7, 11) is 0. The first kappa shape index (κ1) is 14.7. The van der Waals surface area contributed by atoms with Crippen LogP contribution >= 0.6 is 0 Å². The van der Waals surface area contributed by atoms with Crippen LogP contribution < -0.4 is 0 Å². The molecule has 1 aromatic heterocycles. The molecule has 2 aliphatic rings. The van der Waals surface area contributed by atoms with E-state index in [4.69, 9.17) is 10.9 Å². The van der Waals surface area contributed by atoms with E-state index in [1.807, 2.05) is 4.90 Å². The fourth-order valence-electron chi connectivity index (χ4n) is 2.80. The fraction of sp³-hybridized carbons (Fsp3) is 0.667. The van der Waals surface area contributed by atoms with Crippen molar-refractivity contribution in [2.45, 2.75) is 50.6 Å². The Kier molecular flexibility index (Phi) is 3.92. The van der Waals surface area contributed by atoms with E-state index in [0.29, 0.717) is 37.5 Å². The number of hydrogen-bond acceptors (Lipinski definition) is 6. The maximum atomic E-state index is 12.3. The maximum Gasteiger partial charge on any atom is 0.231 e. The smallest absolute Gasteiger partial charge is 0.231 e. The van der Waals surface area contributed by atoms with Gasteiger partial charge in [0.2, 0.25) is 11.8 Å². The van der Waals surface area contributed by atoms with Crippen molar-refractivity contribution in [2.75, 3.05) is 13.1 Å². The molecule has 1 atom stereocenters. The molecule has 1 saturated heterocycles. The molecule has 22 heavy (non-hydrogen) atoms. The molecule has 0 spiro atoms. The summed E-state index contributed by atoms with van der Waals surface area (Å²) >= 11 is 0. The second-order valence-corrected chi connectivity index (χ2v) is 5.89. The Hall–Kier alpha value is -2.23. The summed E-state index contributed by atoms with van der Waals surface area (Å²) in [6, 6.07) is 0. The van der Waals surface area contributed by atoms with Crippen LogP contribution in [-0.4, -0.2) is 39.7 Å². The zero-order valence-corrected chi connectivity index (χ0v) is 12.7. The predicted octanol–water partition coefficient (Wildman–Crippen LogP) is 2.05. The largest absolute Gasteiger partial charge is 0.342 e. The molecule has 7 nitrogen and oxygen atoms in total. The van der Waals surface area contributed by atoms with Gasteiger partial charge < -0.3 is 9.42 Å². The number of nitrogens with zero attached hydrogens (tertiary/aromatic N) is 5. The lowest BCUT2D eigenvalue weighted by Crippen LogP contribution is -2.29. The lowest BCUT2D eigenvalue weighted by Gasteiger charge is -2.17. The van der Waals surface area contributed by atoms with Gasteiger partial charge in [0.15, 0.2) is 11.5 Å². The number of terminal acetylenes is 1. The molecule has 0 aromatic carbocycles. The van der Waals surface area contributed by atoms with E-state index < -0.39 is 0 Å². The van der Waals surface area contributed by atoms with E-state index in [1.165, 1.54) is 0 Å². The van der Waals surface area contributed by atoms with Gasteiger partial charge in [-0.1, -0.05) is 5.16 Å². The van der Waals surface area contributed by atoms with E-state index in [-0.39, 0.29) is 17.5 Å². The molecule has 0 bridgehead atoms. The van der Waals surface area contributed by atoms with Gasteiger partial charge in [0.1, 0.15) is 0 Å². The number of rotatable bonds is 6. The van der Waals surface area contributed by atoms with Crippen LogP contribution in [0.2, 0.25) is 0 Å². The Morgan fingerprint density at radius 2 is 2.32 bits per heavy atom. The van der Waals surface area contributed by atoms with Crippen molar-refractivity contribution in [3.63, 3.8) is 0 Å². The lowest BCUT2D eigenvalue weighted by atomic mass is 10.0. The normalized spacial score (nSPS) is 21.8. The summed E-state index contributed by atoms with van der Waals surface area (Å²) in [4.78, 5) is 18.4. The fourth-order valence-corrected chi connectivity index (χ4v) is 2.80. The number of amides is 1. The van der Waals surface area contributed by atoms with Gasteiger partial charge in [-0.15, -0.1) is 12.3 Å². The Morgan fingerprint density at radius 1 is 1.50 bits per heavy atom. The highest BCUT2D eigenvalue weighted by atomic mass is 16.5. The summed E-state index contributed by atoms with van der Waals surface area (Å²) in [6.45, 7) is 3.17. The average molecular weight is 301 g/mol. The van der Waals surface area contributed by atoms with Crippen LogP contribution in [0.15, 0.2) is 14.8 Å².